The molecular formula is C12H17N3O4. The molecule has 7 nitrogen and oxygen atoms in total. The largest absolute Gasteiger partial charge is 0.468 e. The summed E-state index contributed by atoms with van der Waals surface area (Å²) in [5, 5.41) is 7.38. The third kappa shape index (κ3) is 2.76. The monoisotopic (exact) mass is 267 g/mol. The summed E-state index contributed by atoms with van der Waals surface area (Å²) in [5.41, 5.74) is 1.99. The van der Waals surface area contributed by atoms with Gasteiger partial charge in [0.25, 0.3) is 0 Å². The lowest BCUT2D eigenvalue weighted by atomic mass is 10.1. The molecule has 1 aliphatic rings. The first kappa shape index (κ1) is 13.5. The first-order valence-electron chi connectivity index (χ1n) is 6.20. The van der Waals surface area contributed by atoms with Gasteiger partial charge >= 0.3 is 11.9 Å². The van der Waals surface area contributed by atoms with Gasteiger partial charge in [-0.05, 0) is 6.92 Å². The van der Waals surface area contributed by atoms with Crippen molar-refractivity contribution in [3.63, 3.8) is 0 Å². The van der Waals surface area contributed by atoms with Gasteiger partial charge in [-0.25, -0.2) is 4.79 Å². The quantitative estimate of drug-likeness (QED) is 0.766. The molecule has 0 aliphatic carbocycles. The summed E-state index contributed by atoms with van der Waals surface area (Å²) in [7, 11) is 1.33. The summed E-state index contributed by atoms with van der Waals surface area (Å²) in [6, 6.07) is 0. The van der Waals surface area contributed by atoms with Crippen molar-refractivity contribution in [2.24, 2.45) is 0 Å². The molecule has 0 spiro atoms. The van der Waals surface area contributed by atoms with Crippen molar-refractivity contribution in [1.29, 1.82) is 0 Å². The third-order valence-corrected chi connectivity index (χ3v) is 2.98. The molecular weight excluding hydrogens is 250 g/mol. The van der Waals surface area contributed by atoms with Gasteiger partial charge in [-0.1, -0.05) is 0 Å². The van der Waals surface area contributed by atoms with Crippen LogP contribution < -0.4 is 5.32 Å². The van der Waals surface area contributed by atoms with Crippen molar-refractivity contribution in [3.8, 4) is 0 Å². The van der Waals surface area contributed by atoms with E-state index in [2.05, 4.69) is 15.2 Å². The van der Waals surface area contributed by atoms with Crippen molar-refractivity contribution >= 4 is 11.9 Å². The van der Waals surface area contributed by atoms with E-state index in [1.807, 2.05) is 0 Å². The van der Waals surface area contributed by atoms with E-state index in [0.29, 0.717) is 13.2 Å². The molecule has 0 saturated carbocycles. The van der Waals surface area contributed by atoms with Crippen LogP contribution in [0.25, 0.3) is 0 Å². The van der Waals surface area contributed by atoms with Crippen LogP contribution in [0.2, 0.25) is 0 Å². The lowest BCUT2D eigenvalue weighted by Crippen LogP contribution is -2.26. The molecule has 2 heterocycles. The number of esters is 2. The highest BCUT2D eigenvalue weighted by Gasteiger charge is 2.26. The van der Waals surface area contributed by atoms with E-state index in [0.717, 1.165) is 24.2 Å². The molecule has 0 atom stereocenters. The maximum absolute atomic E-state index is 11.8. The Balaban J connectivity index is 2.34. The minimum atomic E-state index is -0.453. The normalized spacial score (nSPS) is 13.8. The second-order valence-electron chi connectivity index (χ2n) is 4.15. The molecule has 0 amide bonds. The number of hydrogen-bond donors (Lipinski definition) is 1. The number of nitrogens with zero attached hydrogens (tertiary/aromatic N) is 2. The summed E-state index contributed by atoms with van der Waals surface area (Å²) in [4.78, 5) is 23.2. The van der Waals surface area contributed by atoms with Gasteiger partial charge in [0.15, 0.2) is 5.69 Å². The Morgan fingerprint density at radius 3 is 2.95 bits per heavy atom. The number of nitrogens with one attached hydrogen (secondary N) is 1. The molecule has 0 radical (unpaired) electrons. The third-order valence-electron chi connectivity index (χ3n) is 2.98. The summed E-state index contributed by atoms with van der Waals surface area (Å²) < 4.78 is 11.1. The van der Waals surface area contributed by atoms with Gasteiger partial charge in [-0.2, -0.15) is 5.10 Å². The van der Waals surface area contributed by atoms with Crippen LogP contribution in [0.3, 0.4) is 0 Å². The summed E-state index contributed by atoms with van der Waals surface area (Å²) in [6.07, 6.45) is 0.721. The maximum atomic E-state index is 11.8. The van der Waals surface area contributed by atoms with Crippen molar-refractivity contribution < 1.29 is 19.1 Å². The van der Waals surface area contributed by atoms with Gasteiger partial charge in [0.2, 0.25) is 0 Å². The van der Waals surface area contributed by atoms with Crippen LogP contribution in [0.5, 0.6) is 0 Å². The lowest BCUT2D eigenvalue weighted by Gasteiger charge is -2.14. The Labute approximate surface area is 110 Å². The maximum Gasteiger partial charge on any atom is 0.359 e. The summed E-state index contributed by atoms with van der Waals surface area (Å²) in [6.45, 7) is 3.41. The average molecular weight is 267 g/mol. The Kier molecular flexibility index (Phi) is 4.16. The SMILES string of the molecule is CCOC(=O)c1nn(CC(=O)OC)c2c1CNCC2. The zero-order valence-electron chi connectivity index (χ0n) is 11.1. The molecule has 7 heteroatoms. The number of rotatable bonds is 4. The molecule has 0 fully saturated rings. The van der Waals surface area contributed by atoms with Crippen molar-refractivity contribution in [3.05, 3.63) is 17.0 Å². The van der Waals surface area contributed by atoms with Crippen molar-refractivity contribution in [2.75, 3.05) is 20.3 Å². The predicted octanol–water partition coefficient (Wildman–Crippen LogP) is -0.121. The molecule has 1 aromatic heterocycles. The molecule has 0 aromatic carbocycles. The van der Waals surface area contributed by atoms with Crippen LogP contribution in [0, 0.1) is 0 Å². The number of methoxy groups -OCH3 is 1. The van der Waals surface area contributed by atoms with Crippen LogP contribution in [0.1, 0.15) is 28.7 Å². The number of ether oxygens (including phenoxy) is 2. The minimum Gasteiger partial charge on any atom is -0.468 e. The Bertz CT molecular complexity index is 495. The van der Waals surface area contributed by atoms with Crippen molar-refractivity contribution in [2.45, 2.75) is 26.4 Å². The number of aromatic nitrogens is 2. The molecule has 0 bridgehead atoms. The lowest BCUT2D eigenvalue weighted by molar-refractivity contribution is -0.141. The second kappa shape index (κ2) is 5.83. The Morgan fingerprint density at radius 2 is 2.26 bits per heavy atom. The smallest absolute Gasteiger partial charge is 0.359 e. The van der Waals surface area contributed by atoms with Crippen molar-refractivity contribution in [1.82, 2.24) is 15.1 Å². The first-order chi connectivity index (χ1) is 9.17. The molecule has 0 saturated heterocycles. The van der Waals surface area contributed by atoms with E-state index in [4.69, 9.17) is 4.74 Å². The molecule has 1 aromatic rings. The zero-order valence-corrected chi connectivity index (χ0v) is 11.1. The topological polar surface area (TPSA) is 82.5 Å². The van der Waals surface area contributed by atoms with E-state index < -0.39 is 5.97 Å². The predicted molar refractivity (Wildman–Crippen MR) is 65.6 cm³/mol. The van der Waals surface area contributed by atoms with Gasteiger partial charge in [0.1, 0.15) is 6.54 Å². The highest BCUT2D eigenvalue weighted by atomic mass is 16.5. The fraction of sp³-hybridized carbons (Fsp3) is 0.583. The number of carbonyl (C=O) groups excluding carboxylic acids is 2. The highest BCUT2D eigenvalue weighted by Crippen LogP contribution is 2.19. The standard InChI is InChI=1S/C12H17N3O4/c1-3-19-12(17)11-8-6-13-5-4-9(8)15(14-11)7-10(16)18-2/h13H,3-7H2,1-2H3. The molecule has 19 heavy (non-hydrogen) atoms. The summed E-state index contributed by atoms with van der Waals surface area (Å²) in [5.74, 6) is -0.842. The van der Waals surface area contributed by atoms with E-state index >= 15 is 0 Å². The molecule has 0 unspecified atom stereocenters. The van der Waals surface area contributed by atoms with Crippen LogP contribution in [-0.2, 0) is 33.8 Å². The highest BCUT2D eigenvalue weighted by molar-refractivity contribution is 5.89. The number of fused-ring (bicyclic) bond motifs is 1. The van der Waals surface area contributed by atoms with Crippen LogP contribution >= 0.6 is 0 Å². The Hall–Kier alpha value is -1.89. The van der Waals surface area contributed by atoms with Gasteiger partial charge in [-0.3, -0.25) is 9.48 Å². The fourth-order valence-corrected chi connectivity index (χ4v) is 2.10. The van der Waals surface area contributed by atoms with Gasteiger partial charge in [0, 0.05) is 30.8 Å². The van der Waals surface area contributed by atoms with E-state index in [9.17, 15) is 9.59 Å². The van der Waals surface area contributed by atoms with E-state index in [-0.39, 0.29) is 18.2 Å². The van der Waals surface area contributed by atoms with Gasteiger partial charge < -0.3 is 14.8 Å². The van der Waals surface area contributed by atoms with E-state index in [1.165, 1.54) is 11.8 Å². The second-order valence-corrected chi connectivity index (χ2v) is 4.15. The van der Waals surface area contributed by atoms with E-state index in [1.54, 1.807) is 6.92 Å². The number of carbonyl (C=O) groups is 2. The van der Waals surface area contributed by atoms with Crippen LogP contribution in [-0.4, -0.2) is 42.0 Å². The zero-order chi connectivity index (χ0) is 13.8. The van der Waals surface area contributed by atoms with Gasteiger partial charge in [-0.15, -0.1) is 0 Å². The first-order valence-corrected chi connectivity index (χ1v) is 6.20. The van der Waals surface area contributed by atoms with Crippen LogP contribution in [0.4, 0.5) is 0 Å². The number of hydrogen-bond acceptors (Lipinski definition) is 6. The average Bonchev–Trinajstić information content (AvgIpc) is 2.78. The fourth-order valence-electron chi connectivity index (χ4n) is 2.10. The summed E-state index contributed by atoms with van der Waals surface area (Å²) >= 11 is 0. The molecule has 104 valence electrons. The molecule has 1 N–H and O–H groups in total. The van der Waals surface area contributed by atoms with Crippen LogP contribution in [0.15, 0.2) is 0 Å². The minimum absolute atomic E-state index is 0.0121. The molecule has 1 aliphatic heterocycles. The molecule has 2 rings (SSSR count). The van der Waals surface area contributed by atoms with Gasteiger partial charge in [0.05, 0.1) is 13.7 Å². The Morgan fingerprint density at radius 1 is 1.47 bits per heavy atom.